The second-order valence-electron chi connectivity index (χ2n) is 3.60. The lowest BCUT2D eigenvalue weighted by atomic mass is 9.98. The fraction of sp³-hybridized carbons (Fsp3) is 0.273. The van der Waals surface area contributed by atoms with Crippen LogP contribution in [0.15, 0.2) is 18.2 Å². The molecule has 0 aliphatic carbocycles. The maximum Gasteiger partial charge on any atom is 0.407 e. The molecule has 1 N–H and O–H groups in total. The van der Waals surface area contributed by atoms with Gasteiger partial charge in [0.25, 0.3) is 0 Å². The lowest BCUT2D eigenvalue weighted by molar-refractivity contribution is 0.112. The first kappa shape index (κ1) is 9.71. The van der Waals surface area contributed by atoms with Crippen molar-refractivity contribution in [3.63, 3.8) is 0 Å². The van der Waals surface area contributed by atoms with Gasteiger partial charge >= 0.3 is 6.09 Å². The van der Waals surface area contributed by atoms with Crippen LogP contribution in [0.1, 0.15) is 21.5 Å². The molecule has 1 heterocycles. The summed E-state index contributed by atoms with van der Waals surface area (Å²) in [6.07, 6.45) is 0.604. The minimum Gasteiger partial charge on any atom is -0.465 e. The molecule has 1 aliphatic rings. The molecule has 0 unspecified atom stereocenters. The Balaban J connectivity index is 2.28. The molecule has 2 rings (SSSR count). The molecule has 0 saturated heterocycles. The van der Waals surface area contributed by atoms with Crippen LogP contribution >= 0.6 is 0 Å². The van der Waals surface area contributed by atoms with Crippen molar-refractivity contribution in [3.05, 3.63) is 34.9 Å². The van der Waals surface area contributed by atoms with Gasteiger partial charge < -0.3 is 10.0 Å². The van der Waals surface area contributed by atoms with E-state index in [2.05, 4.69) is 0 Å². The van der Waals surface area contributed by atoms with Crippen LogP contribution in [0, 0.1) is 0 Å². The number of rotatable bonds is 1. The van der Waals surface area contributed by atoms with Gasteiger partial charge in [0.2, 0.25) is 0 Å². The van der Waals surface area contributed by atoms with Gasteiger partial charge in [-0.15, -0.1) is 0 Å². The predicted octanol–water partition coefficient (Wildman–Crippen LogP) is 1.54. The molecule has 0 radical (unpaired) electrons. The highest BCUT2D eigenvalue weighted by Crippen LogP contribution is 2.19. The number of aldehydes is 1. The standard InChI is InChI=1S/C11H11NO3/c13-7-8-1-2-10-6-12(11(14)15)4-3-9(10)5-8/h1-2,5,7H,3-4,6H2,(H,14,15). The van der Waals surface area contributed by atoms with Crippen LogP contribution < -0.4 is 0 Å². The minimum absolute atomic E-state index is 0.420. The van der Waals surface area contributed by atoms with E-state index in [4.69, 9.17) is 5.11 Å². The molecule has 4 nitrogen and oxygen atoms in total. The van der Waals surface area contributed by atoms with Crippen LogP contribution in [-0.4, -0.2) is 28.9 Å². The summed E-state index contributed by atoms with van der Waals surface area (Å²) in [5.41, 5.74) is 2.73. The Bertz CT molecular complexity index is 414. The number of hydrogen-bond acceptors (Lipinski definition) is 2. The summed E-state index contributed by atoms with van der Waals surface area (Å²) in [6, 6.07) is 5.38. The van der Waals surface area contributed by atoms with Crippen LogP contribution in [0.4, 0.5) is 4.79 Å². The number of carbonyl (C=O) groups excluding carboxylic acids is 1. The molecule has 4 heteroatoms. The second kappa shape index (κ2) is 3.73. The van der Waals surface area contributed by atoms with Crippen LogP contribution in [0.2, 0.25) is 0 Å². The van der Waals surface area contributed by atoms with Crippen molar-refractivity contribution in [1.29, 1.82) is 0 Å². The van der Waals surface area contributed by atoms with Crippen molar-refractivity contribution >= 4 is 12.4 Å². The van der Waals surface area contributed by atoms with Crippen molar-refractivity contribution in [2.24, 2.45) is 0 Å². The van der Waals surface area contributed by atoms with Gasteiger partial charge in [-0.05, 0) is 23.6 Å². The quantitative estimate of drug-likeness (QED) is 0.707. The average Bonchev–Trinajstić information content (AvgIpc) is 2.27. The molecule has 1 amide bonds. The Morgan fingerprint density at radius 2 is 2.20 bits per heavy atom. The Hall–Kier alpha value is -1.84. The van der Waals surface area contributed by atoms with Crippen molar-refractivity contribution in [3.8, 4) is 0 Å². The summed E-state index contributed by atoms with van der Waals surface area (Å²) in [4.78, 5) is 22.7. The monoisotopic (exact) mass is 205 g/mol. The fourth-order valence-corrected chi connectivity index (χ4v) is 1.81. The molecule has 0 spiro atoms. The smallest absolute Gasteiger partial charge is 0.407 e. The zero-order chi connectivity index (χ0) is 10.8. The minimum atomic E-state index is -0.889. The number of nitrogens with zero attached hydrogens (tertiary/aromatic N) is 1. The molecule has 15 heavy (non-hydrogen) atoms. The zero-order valence-corrected chi connectivity index (χ0v) is 8.14. The summed E-state index contributed by atoms with van der Waals surface area (Å²) in [5, 5.41) is 8.83. The molecule has 1 aliphatic heterocycles. The topological polar surface area (TPSA) is 57.6 Å². The van der Waals surface area contributed by atoms with Gasteiger partial charge in [0.05, 0.1) is 0 Å². The number of benzene rings is 1. The van der Waals surface area contributed by atoms with Crippen LogP contribution in [0.3, 0.4) is 0 Å². The molecule has 0 aromatic heterocycles. The summed E-state index contributed by atoms with van der Waals surface area (Å²) >= 11 is 0. The van der Waals surface area contributed by atoms with E-state index in [0.717, 1.165) is 17.4 Å². The van der Waals surface area contributed by atoms with Crippen LogP contribution in [-0.2, 0) is 13.0 Å². The molecule has 0 saturated carbocycles. The van der Waals surface area contributed by atoms with E-state index in [-0.39, 0.29) is 0 Å². The van der Waals surface area contributed by atoms with Crippen molar-refractivity contribution in [2.45, 2.75) is 13.0 Å². The molecule has 78 valence electrons. The molecular formula is C11H11NO3. The van der Waals surface area contributed by atoms with Gasteiger partial charge in [0.1, 0.15) is 6.29 Å². The van der Waals surface area contributed by atoms with Crippen molar-refractivity contribution < 1.29 is 14.7 Å². The number of carboxylic acid groups (broad SMARTS) is 1. The Morgan fingerprint density at radius 3 is 2.87 bits per heavy atom. The summed E-state index contributed by atoms with van der Waals surface area (Å²) in [7, 11) is 0. The number of carbonyl (C=O) groups is 2. The number of fused-ring (bicyclic) bond motifs is 1. The van der Waals surface area contributed by atoms with Crippen LogP contribution in [0.25, 0.3) is 0 Å². The summed E-state index contributed by atoms with van der Waals surface area (Å²) in [6.45, 7) is 0.925. The SMILES string of the molecule is O=Cc1ccc2c(c1)CCN(C(=O)O)C2. The number of hydrogen-bond donors (Lipinski definition) is 1. The molecule has 1 aromatic carbocycles. The average molecular weight is 205 g/mol. The molecule has 0 atom stereocenters. The first-order chi connectivity index (χ1) is 7.20. The highest BCUT2D eigenvalue weighted by atomic mass is 16.4. The number of amides is 1. The third-order valence-electron chi connectivity index (χ3n) is 2.65. The first-order valence-electron chi connectivity index (χ1n) is 4.75. The van der Waals surface area contributed by atoms with Gasteiger partial charge in [-0.3, -0.25) is 4.79 Å². The van der Waals surface area contributed by atoms with E-state index < -0.39 is 6.09 Å². The van der Waals surface area contributed by atoms with E-state index in [0.29, 0.717) is 25.1 Å². The molecular weight excluding hydrogens is 194 g/mol. The highest BCUT2D eigenvalue weighted by molar-refractivity contribution is 5.75. The third kappa shape index (κ3) is 1.83. The maximum absolute atomic E-state index is 10.8. The van der Waals surface area contributed by atoms with E-state index in [1.165, 1.54) is 4.90 Å². The van der Waals surface area contributed by atoms with Gasteiger partial charge in [-0.2, -0.15) is 0 Å². The lowest BCUT2D eigenvalue weighted by Gasteiger charge is -2.26. The maximum atomic E-state index is 10.8. The van der Waals surface area contributed by atoms with E-state index in [1.54, 1.807) is 6.07 Å². The van der Waals surface area contributed by atoms with Gasteiger partial charge in [0, 0.05) is 18.7 Å². The van der Waals surface area contributed by atoms with Crippen molar-refractivity contribution in [1.82, 2.24) is 4.90 Å². The molecule has 0 fully saturated rings. The molecule has 0 bridgehead atoms. The van der Waals surface area contributed by atoms with Crippen molar-refractivity contribution in [2.75, 3.05) is 6.54 Å². The lowest BCUT2D eigenvalue weighted by Crippen LogP contribution is -2.34. The third-order valence-corrected chi connectivity index (χ3v) is 2.65. The van der Waals surface area contributed by atoms with Gasteiger partial charge in [-0.25, -0.2) is 4.79 Å². The van der Waals surface area contributed by atoms with E-state index in [9.17, 15) is 9.59 Å². The van der Waals surface area contributed by atoms with Crippen LogP contribution in [0.5, 0.6) is 0 Å². The van der Waals surface area contributed by atoms with E-state index >= 15 is 0 Å². The molecule has 1 aromatic rings. The largest absolute Gasteiger partial charge is 0.465 e. The van der Waals surface area contributed by atoms with Gasteiger partial charge in [-0.1, -0.05) is 12.1 Å². The summed E-state index contributed by atoms with van der Waals surface area (Å²) in [5.74, 6) is 0. The Labute approximate surface area is 87.1 Å². The first-order valence-corrected chi connectivity index (χ1v) is 4.75. The predicted molar refractivity (Wildman–Crippen MR) is 54.0 cm³/mol. The fourth-order valence-electron chi connectivity index (χ4n) is 1.81. The summed E-state index contributed by atoms with van der Waals surface area (Å²) < 4.78 is 0. The van der Waals surface area contributed by atoms with E-state index in [1.807, 2.05) is 12.1 Å². The van der Waals surface area contributed by atoms with Gasteiger partial charge in [0.15, 0.2) is 0 Å². The Kier molecular flexibility index (Phi) is 2.41. The zero-order valence-electron chi connectivity index (χ0n) is 8.14. The second-order valence-corrected chi connectivity index (χ2v) is 3.60. The normalized spacial score (nSPS) is 14.5. The highest BCUT2D eigenvalue weighted by Gasteiger charge is 2.19. The Morgan fingerprint density at radius 1 is 1.40 bits per heavy atom.